The van der Waals surface area contributed by atoms with Crippen molar-refractivity contribution in [2.45, 2.75) is 12.8 Å². The summed E-state index contributed by atoms with van der Waals surface area (Å²) < 4.78 is 36.0. The highest BCUT2D eigenvalue weighted by Gasteiger charge is 2.40. The molecule has 0 radical (unpaired) electrons. The topological polar surface area (TPSA) is 72.9 Å². The summed E-state index contributed by atoms with van der Waals surface area (Å²) in [5.74, 6) is 0.0801. The van der Waals surface area contributed by atoms with Gasteiger partial charge in [-0.15, -0.1) is 0 Å². The van der Waals surface area contributed by atoms with Gasteiger partial charge in [0.1, 0.15) is 11.4 Å². The molecule has 7 heteroatoms. The molecule has 2 atom stereocenters. The van der Waals surface area contributed by atoms with Gasteiger partial charge in [-0.3, -0.25) is 4.31 Å². The molecule has 1 aromatic carbocycles. The van der Waals surface area contributed by atoms with E-state index in [1.54, 1.807) is 13.0 Å². The van der Waals surface area contributed by atoms with Gasteiger partial charge >= 0.3 is 5.97 Å². The summed E-state index contributed by atoms with van der Waals surface area (Å²) in [5, 5.41) is 0. The van der Waals surface area contributed by atoms with Crippen LogP contribution < -0.4 is 4.74 Å². The van der Waals surface area contributed by atoms with Crippen LogP contribution >= 0.6 is 0 Å². The van der Waals surface area contributed by atoms with Crippen LogP contribution in [0.4, 0.5) is 0 Å². The van der Waals surface area contributed by atoms with Crippen molar-refractivity contribution in [3.63, 3.8) is 0 Å². The maximum atomic E-state index is 12.2. The van der Waals surface area contributed by atoms with Gasteiger partial charge in [0.05, 0.1) is 19.5 Å². The summed E-state index contributed by atoms with van der Waals surface area (Å²) in [7, 11) is -3.56. The first-order valence-corrected chi connectivity index (χ1v) is 9.35. The molecule has 0 saturated heterocycles. The Hall–Kier alpha value is -2.02. The molecule has 0 spiro atoms. The van der Waals surface area contributed by atoms with Gasteiger partial charge in [-0.1, -0.05) is 18.2 Å². The van der Waals surface area contributed by atoms with Gasteiger partial charge < -0.3 is 9.47 Å². The molecule has 0 saturated carbocycles. The predicted molar refractivity (Wildman–Crippen MR) is 84.4 cm³/mol. The molecule has 3 rings (SSSR count). The normalized spacial score (nSPS) is 23.2. The summed E-state index contributed by atoms with van der Waals surface area (Å²) in [6.07, 6.45) is 2.80. The van der Waals surface area contributed by atoms with Crippen molar-refractivity contribution in [2.75, 3.05) is 26.0 Å². The second kappa shape index (κ2) is 5.88. The van der Waals surface area contributed by atoms with Gasteiger partial charge in [0.2, 0.25) is 10.0 Å². The van der Waals surface area contributed by atoms with Crippen LogP contribution in [-0.4, -0.2) is 44.7 Å². The smallest absolute Gasteiger partial charge is 0.355 e. The van der Waals surface area contributed by atoms with Crippen LogP contribution in [-0.2, 0) is 19.6 Å². The Morgan fingerprint density at radius 2 is 2.13 bits per heavy atom. The minimum absolute atomic E-state index is 0.0298. The van der Waals surface area contributed by atoms with E-state index in [4.69, 9.17) is 9.47 Å². The third kappa shape index (κ3) is 2.93. The highest BCUT2D eigenvalue weighted by Crippen LogP contribution is 2.42. The average molecular weight is 337 g/mol. The number of benzene rings is 1. The Morgan fingerprint density at radius 3 is 2.83 bits per heavy atom. The van der Waals surface area contributed by atoms with Gasteiger partial charge in [0.25, 0.3) is 0 Å². The van der Waals surface area contributed by atoms with E-state index in [-0.39, 0.29) is 30.7 Å². The Morgan fingerprint density at radius 1 is 1.39 bits per heavy atom. The number of fused-ring (bicyclic) bond motifs is 3. The minimum atomic E-state index is -3.56. The lowest BCUT2D eigenvalue weighted by atomic mass is 9.81. The number of carbonyl (C=O) groups is 1. The van der Waals surface area contributed by atoms with E-state index in [1.807, 2.05) is 24.3 Å². The molecule has 2 aliphatic rings. The van der Waals surface area contributed by atoms with Gasteiger partial charge in [0, 0.05) is 23.9 Å². The first kappa shape index (κ1) is 15.9. The standard InChI is InChI=1S/C16H19NO5S/c1-3-21-16(18)14-8-13-11(9-17(14)23(2,19)20)10-22-15-7-5-4-6-12(13)15/h4-8,11,13H,3,9-10H2,1-2H3/t11-,13+/m0/s1. The monoisotopic (exact) mass is 337 g/mol. The lowest BCUT2D eigenvalue weighted by molar-refractivity contribution is -0.140. The molecular formula is C16H19NO5S. The number of hydrogen-bond donors (Lipinski definition) is 0. The zero-order valence-electron chi connectivity index (χ0n) is 13.1. The Bertz CT molecular complexity index is 755. The molecule has 2 aliphatic heterocycles. The van der Waals surface area contributed by atoms with Crippen LogP contribution in [0.25, 0.3) is 0 Å². The second-order valence-electron chi connectivity index (χ2n) is 5.70. The van der Waals surface area contributed by atoms with E-state index in [1.165, 1.54) is 0 Å². The number of sulfonamides is 1. The lowest BCUT2D eigenvalue weighted by Crippen LogP contribution is -2.45. The summed E-state index contributed by atoms with van der Waals surface area (Å²) in [4.78, 5) is 12.2. The molecule has 0 aromatic heterocycles. The number of rotatable bonds is 3. The van der Waals surface area contributed by atoms with E-state index in [2.05, 4.69) is 0 Å². The molecule has 0 aliphatic carbocycles. The molecule has 1 aromatic rings. The van der Waals surface area contributed by atoms with Crippen molar-refractivity contribution in [2.24, 2.45) is 5.92 Å². The number of carbonyl (C=O) groups excluding carboxylic acids is 1. The summed E-state index contributed by atoms with van der Waals surface area (Å²) in [6, 6.07) is 7.63. The largest absolute Gasteiger partial charge is 0.493 e. The highest BCUT2D eigenvalue weighted by molar-refractivity contribution is 7.88. The maximum absolute atomic E-state index is 12.2. The fourth-order valence-electron chi connectivity index (χ4n) is 3.09. The number of nitrogens with zero attached hydrogens (tertiary/aromatic N) is 1. The van der Waals surface area contributed by atoms with Crippen molar-refractivity contribution >= 4 is 16.0 Å². The Labute approximate surface area is 135 Å². The van der Waals surface area contributed by atoms with Crippen LogP contribution in [0.3, 0.4) is 0 Å². The van der Waals surface area contributed by atoms with E-state index in [0.29, 0.717) is 6.61 Å². The molecule has 23 heavy (non-hydrogen) atoms. The zero-order valence-corrected chi connectivity index (χ0v) is 13.9. The summed E-state index contributed by atoms with van der Waals surface area (Å²) >= 11 is 0. The molecule has 0 unspecified atom stereocenters. The number of esters is 1. The molecule has 0 amide bonds. The number of allylic oxidation sites excluding steroid dienone is 1. The van der Waals surface area contributed by atoms with Crippen LogP contribution in [0.2, 0.25) is 0 Å². The molecule has 6 nitrogen and oxygen atoms in total. The van der Waals surface area contributed by atoms with Crippen LogP contribution in [0.1, 0.15) is 18.4 Å². The second-order valence-corrected chi connectivity index (χ2v) is 7.61. The quantitative estimate of drug-likeness (QED) is 0.782. The molecular weight excluding hydrogens is 318 g/mol. The van der Waals surface area contributed by atoms with Gasteiger partial charge in [-0.05, 0) is 19.1 Å². The number of para-hydroxylation sites is 1. The SMILES string of the molecule is CCOC(=O)C1=C[C@H]2c3ccccc3OC[C@@H]2CN1S(C)(=O)=O. The summed E-state index contributed by atoms with van der Waals surface area (Å²) in [6.45, 7) is 2.52. The van der Waals surface area contributed by atoms with Crippen molar-refractivity contribution in [3.8, 4) is 5.75 Å². The number of hydrogen-bond acceptors (Lipinski definition) is 5. The van der Waals surface area contributed by atoms with Gasteiger partial charge in [0.15, 0.2) is 0 Å². The van der Waals surface area contributed by atoms with E-state index >= 15 is 0 Å². The first-order chi connectivity index (χ1) is 10.9. The zero-order chi connectivity index (χ0) is 16.6. The fraction of sp³-hybridized carbons (Fsp3) is 0.438. The average Bonchev–Trinajstić information content (AvgIpc) is 2.53. The van der Waals surface area contributed by atoms with Crippen LogP contribution in [0, 0.1) is 5.92 Å². The molecule has 0 N–H and O–H groups in total. The Kier molecular flexibility index (Phi) is 4.06. The van der Waals surface area contributed by atoms with Gasteiger partial charge in [-0.25, -0.2) is 13.2 Å². The van der Waals surface area contributed by atoms with Crippen molar-refractivity contribution in [1.29, 1.82) is 0 Å². The molecule has 0 bridgehead atoms. The molecule has 2 heterocycles. The van der Waals surface area contributed by atoms with Crippen molar-refractivity contribution in [3.05, 3.63) is 41.6 Å². The van der Waals surface area contributed by atoms with E-state index in [0.717, 1.165) is 21.9 Å². The van der Waals surface area contributed by atoms with Crippen LogP contribution in [0.5, 0.6) is 5.75 Å². The lowest BCUT2D eigenvalue weighted by Gasteiger charge is -2.39. The Balaban J connectivity index is 2.07. The van der Waals surface area contributed by atoms with Crippen molar-refractivity contribution < 1.29 is 22.7 Å². The molecule has 124 valence electrons. The number of ether oxygens (including phenoxy) is 2. The van der Waals surface area contributed by atoms with Crippen LogP contribution in [0.15, 0.2) is 36.0 Å². The third-order valence-electron chi connectivity index (χ3n) is 4.13. The maximum Gasteiger partial charge on any atom is 0.355 e. The first-order valence-electron chi connectivity index (χ1n) is 7.50. The fourth-order valence-corrected chi connectivity index (χ4v) is 4.04. The molecule has 0 fully saturated rings. The predicted octanol–water partition coefficient (Wildman–Crippen LogP) is 1.50. The van der Waals surface area contributed by atoms with Crippen molar-refractivity contribution in [1.82, 2.24) is 4.31 Å². The van der Waals surface area contributed by atoms with E-state index < -0.39 is 16.0 Å². The highest BCUT2D eigenvalue weighted by atomic mass is 32.2. The summed E-state index contributed by atoms with van der Waals surface area (Å²) in [5.41, 5.74) is 1.06. The third-order valence-corrected chi connectivity index (χ3v) is 5.28. The van der Waals surface area contributed by atoms with Gasteiger partial charge in [-0.2, -0.15) is 0 Å². The van der Waals surface area contributed by atoms with E-state index in [9.17, 15) is 13.2 Å². The minimum Gasteiger partial charge on any atom is -0.493 e.